The molecule has 1 aliphatic rings. The molecule has 2 nitrogen and oxygen atoms in total. The van der Waals surface area contributed by atoms with Crippen LogP contribution in [0.25, 0.3) is 0 Å². The van der Waals surface area contributed by atoms with E-state index in [0.29, 0.717) is 6.42 Å². The Morgan fingerprint density at radius 3 is 2.52 bits per heavy atom. The molecule has 0 heterocycles. The molecule has 0 radical (unpaired) electrons. The molecule has 0 bridgehead atoms. The third-order valence-corrected chi connectivity index (χ3v) is 6.37. The molecule has 1 saturated carbocycles. The van der Waals surface area contributed by atoms with Crippen molar-refractivity contribution in [3.63, 3.8) is 0 Å². The predicted molar refractivity (Wildman–Crippen MR) is 110 cm³/mol. The second-order valence-electron chi connectivity index (χ2n) is 8.01. The van der Waals surface area contributed by atoms with E-state index in [1.54, 1.807) is 0 Å². The molecule has 0 spiro atoms. The van der Waals surface area contributed by atoms with E-state index in [4.69, 9.17) is 11.6 Å². The van der Waals surface area contributed by atoms with E-state index in [1.165, 1.54) is 12.1 Å². The van der Waals surface area contributed by atoms with Gasteiger partial charge in [-0.15, -0.1) is 0 Å². The second-order valence-corrected chi connectivity index (χ2v) is 8.41. The number of hydrogen-bond donors (Lipinski definition) is 1. The Balaban J connectivity index is 1.85. The van der Waals surface area contributed by atoms with Crippen molar-refractivity contribution in [1.29, 1.82) is 0 Å². The topological polar surface area (TPSA) is 23.5 Å². The number of aryl methyl sites for hydroxylation is 1. The summed E-state index contributed by atoms with van der Waals surface area (Å²) in [4.78, 5) is 2.16. The van der Waals surface area contributed by atoms with Crippen LogP contribution in [-0.4, -0.2) is 29.7 Å². The van der Waals surface area contributed by atoms with Crippen LogP contribution in [0.5, 0.6) is 0 Å². The minimum atomic E-state index is -0.749. The van der Waals surface area contributed by atoms with Crippen LogP contribution in [-0.2, 0) is 6.42 Å². The average molecular weight is 390 g/mol. The zero-order chi connectivity index (χ0) is 19.4. The summed E-state index contributed by atoms with van der Waals surface area (Å²) in [5.74, 6) is -0.122. The van der Waals surface area contributed by atoms with Crippen LogP contribution in [0.1, 0.15) is 49.3 Å². The van der Waals surface area contributed by atoms with Gasteiger partial charge in [0.2, 0.25) is 0 Å². The number of aliphatic hydroxyl groups is 1. The molecule has 3 rings (SSSR count). The Kier molecular flexibility index (Phi) is 6.56. The third-order valence-electron chi connectivity index (χ3n) is 6.00. The van der Waals surface area contributed by atoms with Gasteiger partial charge in [-0.25, -0.2) is 4.39 Å². The Labute approximate surface area is 167 Å². The van der Waals surface area contributed by atoms with Crippen LogP contribution in [0.15, 0.2) is 48.5 Å². The zero-order valence-corrected chi connectivity index (χ0v) is 16.9. The molecule has 2 aromatic rings. The van der Waals surface area contributed by atoms with Gasteiger partial charge in [0.15, 0.2) is 0 Å². The molecule has 2 aromatic carbocycles. The largest absolute Gasteiger partial charge is 0.390 e. The van der Waals surface area contributed by atoms with Crippen molar-refractivity contribution >= 4 is 11.6 Å². The van der Waals surface area contributed by atoms with E-state index < -0.39 is 5.60 Å². The van der Waals surface area contributed by atoms with Crippen LogP contribution < -0.4 is 0 Å². The van der Waals surface area contributed by atoms with Gasteiger partial charge in [0.25, 0.3) is 0 Å². The molecule has 1 fully saturated rings. The summed E-state index contributed by atoms with van der Waals surface area (Å²) in [5.41, 5.74) is 1.39. The van der Waals surface area contributed by atoms with Gasteiger partial charge in [-0.1, -0.05) is 54.8 Å². The van der Waals surface area contributed by atoms with Gasteiger partial charge in [-0.3, -0.25) is 0 Å². The summed E-state index contributed by atoms with van der Waals surface area (Å²) in [6, 6.07) is 14.6. The van der Waals surface area contributed by atoms with E-state index in [2.05, 4.69) is 4.90 Å². The van der Waals surface area contributed by atoms with Gasteiger partial charge in [0.1, 0.15) is 5.82 Å². The number of rotatable bonds is 6. The van der Waals surface area contributed by atoms with E-state index >= 15 is 0 Å². The lowest BCUT2D eigenvalue weighted by molar-refractivity contribution is -0.0829. The van der Waals surface area contributed by atoms with Crippen LogP contribution >= 0.6 is 11.6 Å². The SMILES string of the molecule is CN(C)C(c1ccc(F)cc1)C1CCCCC1(O)CCc1ccccc1Cl. The lowest BCUT2D eigenvalue weighted by Crippen LogP contribution is -2.47. The summed E-state index contributed by atoms with van der Waals surface area (Å²) < 4.78 is 13.4. The summed E-state index contributed by atoms with van der Waals surface area (Å²) in [5, 5.41) is 12.4. The first-order chi connectivity index (χ1) is 12.9. The quantitative estimate of drug-likeness (QED) is 0.691. The van der Waals surface area contributed by atoms with Gasteiger partial charge >= 0.3 is 0 Å². The van der Waals surface area contributed by atoms with E-state index in [-0.39, 0.29) is 17.8 Å². The van der Waals surface area contributed by atoms with Crippen LogP contribution in [0.4, 0.5) is 4.39 Å². The third kappa shape index (κ3) is 4.71. The molecule has 1 N–H and O–H groups in total. The molecule has 27 heavy (non-hydrogen) atoms. The van der Waals surface area contributed by atoms with Crippen molar-refractivity contribution in [1.82, 2.24) is 4.90 Å². The minimum absolute atomic E-state index is 0.0575. The first kappa shape index (κ1) is 20.3. The minimum Gasteiger partial charge on any atom is -0.390 e. The fourth-order valence-corrected chi connectivity index (χ4v) is 4.84. The highest BCUT2D eigenvalue weighted by molar-refractivity contribution is 6.31. The molecule has 3 unspecified atom stereocenters. The molecule has 1 aliphatic carbocycles. The Bertz CT molecular complexity index is 748. The summed E-state index contributed by atoms with van der Waals surface area (Å²) in [7, 11) is 4.08. The molecular weight excluding hydrogens is 361 g/mol. The zero-order valence-electron chi connectivity index (χ0n) is 16.2. The maximum Gasteiger partial charge on any atom is 0.123 e. The second kappa shape index (κ2) is 8.72. The van der Waals surface area contributed by atoms with Crippen molar-refractivity contribution in [2.24, 2.45) is 5.92 Å². The van der Waals surface area contributed by atoms with Gasteiger partial charge < -0.3 is 10.0 Å². The Morgan fingerprint density at radius 2 is 1.85 bits per heavy atom. The standard InChI is InChI=1S/C23H29ClFNO/c1-26(2)22(18-10-12-19(25)13-11-18)20-8-5-6-15-23(20,27)16-14-17-7-3-4-9-21(17)24/h3-4,7,9-13,20,22,27H,5-6,8,14-16H2,1-2H3. The highest BCUT2D eigenvalue weighted by Gasteiger charge is 2.44. The van der Waals surface area contributed by atoms with Crippen LogP contribution in [0, 0.1) is 11.7 Å². The first-order valence-corrected chi connectivity index (χ1v) is 10.2. The maximum atomic E-state index is 13.4. The lowest BCUT2D eigenvalue weighted by Gasteiger charge is -2.46. The molecule has 146 valence electrons. The van der Waals surface area contributed by atoms with Gasteiger partial charge in [0, 0.05) is 17.0 Å². The number of benzene rings is 2. The molecular formula is C23H29ClFNO. The van der Waals surface area contributed by atoms with Gasteiger partial charge in [-0.05, 0) is 69.1 Å². The highest BCUT2D eigenvalue weighted by atomic mass is 35.5. The average Bonchev–Trinajstić information content (AvgIpc) is 2.64. The fourth-order valence-electron chi connectivity index (χ4n) is 4.61. The van der Waals surface area contributed by atoms with Crippen molar-refractivity contribution in [3.8, 4) is 0 Å². The van der Waals surface area contributed by atoms with Crippen LogP contribution in [0.2, 0.25) is 5.02 Å². The monoisotopic (exact) mass is 389 g/mol. The van der Waals surface area contributed by atoms with E-state index in [1.807, 2.05) is 50.5 Å². The van der Waals surface area contributed by atoms with Gasteiger partial charge in [-0.2, -0.15) is 0 Å². The number of hydrogen-bond acceptors (Lipinski definition) is 2. The Morgan fingerprint density at radius 1 is 1.15 bits per heavy atom. The molecule has 0 saturated heterocycles. The lowest BCUT2D eigenvalue weighted by atomic mass is 9.67. The molecule has 0 aliphatic heterocycles. The van der Waals surface area contributed by atoms with Gasteiger partial charge in [0.05, 0.1) is 5.60 Å². The van der Waals surface area contributed by atoms with Crippen molar-refractivity contribution in [2.45, 2.75) is 50.2 Å². The maximum absolute atomic E-state index is 13.4. The van der Waals surface area contributed by atoms with E-state index in [0.717, 1.165) is 48.3 Å². The highest BCUT2D eigenvalue weighted by Crippen LogP contribution is 2.45. The van der Waals surface area contributed by atoms with E-state index in [9.17, 15) is 9.50 Å². The molecule has 3 atom stereocenters. The number of nitrogens with zero attached hydrogens (tertiary/aromatic N) is 1. The van der Waals surface area contributed by atoms with Crippen LogP contribution in [0.3, 0.4) is 0 Å². The van der Waals surface area contributed by atoms with Crippen molar-refractivity contribution in [2.75, 3.05) is 14.1 Å². The van der Waals surface area contributed by atoms with Crippen molar-refractivity contribution in [3.05, 3.63) is 70.5 Å². The molecule has 0 amide bonds. The Hall–Kier alpha value is -1.42. The molecule has 0 aromatic heterocycles. The number of halogens is 2. The summed E-state index contributed by atoms with van der Waals surface area (Å²) in [6.07, 6.45) is 5.37. The first-order valence-electron chi connectivity index (χ1n) is 9.78. The van der Waals surface area contributed by atoms with Crippen molar-refractivity contribution < 1.29 is 9.50 Å². The predicted octanol–water partition coefficient (Wildman–Crippen LogP) is 5.64. The smallest absolute Gasteiger partial charge is 0.123 e. The molecule has 4 heteroatoms. The summed E-state index contributed by atoms with van der Waals surface area (Å²) in [6.45, 7) is 0. The summed E-state index contributed by atoms with van der Waals surface area (Å²) >= 11 is 6.32. The fraction of sp³-hybridized carbons (Fsp3) is 0.478. The normalized spacial score (nSPS) is 24.1.